The fourth-order valence-corrected chi connectivity index (χ4v) is 2.32. The Morgan fingerprint density at radius 1 is 0.714 bits per heavy atom. The van der Waals surface area contributed by atoms with Crippen molar-refractivity contribution in [2.24, 2.45) is 5.41 Å². The number of hydrogen-bond acceptors (Lipinski definition) is 0. The molecule has 21 heavy (non-hydrogen) atoms. The zero-order valence-corrected chi connectivity index (χ0v) is 15.7. The lowest BCUT2D eigenvalue weighted by Gasteiger charge is -2.17. The molecule has 0 aromatic heterocycles. The predicted molar refractivity (Wildman–Crippen MR) is 98.7 cm³/mol. The lowest BCUT2D eigenvalue weighted by atomic mass is 9.88. The van der Waals surface area contributed by atoms with Crippen LogP contribution in [-0.2, 0) is 0 Å². The lowest BCUT2D eigenvalue weighted by molar-refractivity contribution is 0.377. The maximum absolute atomic E-state index is 2.44. The molecule has 0 aromatic rings. The molecule has 0 N–H and O–H groups in total. The van der Waals surface area contributed by atoms with E-state index in [9.17, 15) is 0 Å². The van der Waals surface area contributed by atoms with Crippen LogP contribution in [0, 0.1) is 5.41 Å². The highest BCUT2D eigenvalue weighted by Crippen LogP contribution is 2.23. The van der Waals surface area contributed by atoms with E-state index in [0.717, 1.165) is 6.42 Å². The van der Waals surface area contributed by atoms with E-state index in [1.807, 2.05) is 0 Å². The van der Waals surface area contributed by atoms with Gasteiger partial charge in [0.15, 0.2) is 0 Å². The Kier molecular flexibility index (Phi) is 10.5. The Labute approximate surface area is 134 Å². The summed E-state index contributed by atoms with van der Waals surface area (Å²) in [6.45, 7) is 16.0. The Morgan fingerprint density at radius 3 is 1.57 bits per heavy atom. The molecular weight excluding hydrogens is 252 g/mol. The molecule has 0 heterocycles. The van der Waals surface area contributed by atoms with E-state index < -0.39 is 0 Å². The standard InChI is InChI=1S/C21H38/c1-8-11-18(2)12-9-13-19(3)14-10-15-20(4)16-17-21(5,6)7/h11,13,15H,8-10,12,14,16-17H2,1-7H3. The Bertz CT molecular complexity index is 358. The zero-order valence-electron chi connectivity index (χ0n) is 15.7. The number of hydrogen-bond donors (Lipinski definition) is 0. The SMILES string of the molecule is CCC=C(C)CCC=C(C)CCC=C(C)CCC(C)(C)C. The molecule has 0 rings (SSSR count). The second-order valence-electron chi connectivity index (χ2n) is 7.70. The normalized spacial score (nSPS) is 14.7. The topological polar surface area (TPSA) is 0 Å². The molecule has 0 fully saturated rings. The maximum Gasteiger partial charge on any atom is -0.0288 e. The smallest absolute Gasteiger partial charge is 0.0288 e. The summed E-state index contributed by atoms with van der Waals surface area (Å²) in [5.41, 5.74) is 5.08. The van der Waals surface area contributed by atoms with Crippen molar-refractivity contribution in [1.82, 2.24) is 0 Å². The van der Waals surface area contributed by atoms with E-state index in [4.69, 9.17) is 0 Å². The Morgan fingerprint density at radius 2 is 1.14 bits per heavy atom. The van der Waals surface area contributed by atoms with Crippen LogP contribution in [0.2, 0.25) is 0 Å². The molecule has 0 spiro atoms. The third-order valence-corrected chi connectivity index (χ3v) is 3.88. The van der Waals surface area contributed by atoms with Crippen LogP contribution < -0.4 is 0 Å². The van der Waals surface area contributed by atoms with Gasteiger partial charge in [0.1, 0.15) is 0 Å². The average molecular weight is 291 g/mol. The molecule has 0 aliphatic rings. The first-order chi connectivity index (χ1) is 9.74. The first kappa shape index (κ1) is 20.2. The fraction of sp³-hybridized carbons (Fsp3) is 0.714. The zero-order chi connectivity index (χ0) is 16.3. The molecule has 0 aromatic carbocycles. The summed E-state index contributed by atoms with van der Waals surface area (Å²) in [6, 6.07) is 0. The van der Waals surface area contributed by atoms with Crippen molar-refractivity contribution < 1.29 is 0 Å². The summed E-state index contributed by atoms with van der Waals surface area (Å²) in [6.07, 6.45) is 15.7. The van der Waals surface area contributed by atoms with Crippen LogP contribution in [0.5, 0.6) is 0 Å². The summed E-state index contributed by atoms with van der Waals surface area (Å²) in [7, 11) is 0. The monoisotopic (exact) mass is 290 g/mol. The van der Waals surface area contributed by atoms with E-state index >= 15 is 0 Å². The van der Waals surface area contributed by atoms with Gasteiger partial charge >= 0.3 is 0 Å². The molecular formula is C21H38. The van der Waals surface area contributed by atoms with Gasteiger partial charge in [-0.25, -0.2) is 0 Å². The molecule has 122 valence electrons. The minimum Gasteiger partial charge on any atom is -0.0859 e. The first-order valence-corrected chi connectivity index (χ1v) is 8.71. The van der Waals surface area contributed by atoms with Crippen LogP contribution in [0.1, 0.15) is 93.4 Å². The van der Waals surface area contributed by atoms with Crippen LogP contribution in [0.15, 0.2) is 34.9 Å². The molecule has 0 saturated heterocycles. The van der Waals surface area contributed by atoms with Crippen LogP contribution >= 0.6 is 0 Å². The van der Waals surface area contributed by atoms with Gasteiger partial charge in [-0.3, -0.25) is 0 Å². The summed E-state index contributed by atoms with van der Waals surface area (Å²) in [5, 5.41) is 0. The van der Waals surface area contributed by atoms with Crippen molar-refractivity contribution in [1.29, 1.82) is 0 Å². The maximum atomic E-state index is 2.44. The molecule has 0 amide bonds. The average Bonchev–Trinajstić information content (AvgIpc) is 2.36. The minimum absolute atomic E-state index is 0.453. The van der Waals surface area contributed by atoms with Crippen molar-refractivity contribution in [3.8, 4) is 0 Å². The van der Waals surface area contributed by atoms with Gasteiger partial charge in [0.2, 0.25) is 0 Å². The quantitative estimate of drug-likeness (QED) is 0.383. The van der Waals surface area contributed by atoms with Crippen LogP contribution in [-0.4, -0.2) is 0 Å². The van der Waals surface area contributed by atoms with Crippen LogP contribution in [0.3, 0.4) is 0 Å². The van der Waals surface area contributed by atoms with Gasteiger partial charge in [0.25, 0.3) is 0 Å². The van der Waals surface area contributed by atoms with Gasteiger partial charge in [-0.05, 0) is 71.1 Å². The molecule has 0 bridgehead atoms. The van der Waals surface area contributed by atoms with Crippen molar-refractivity contribution in [2.75, 3.05) is 0 Å². The van der Waals surface area contributed by atoms with E-state index in [1.165, 1.54) is 44.1 Å². The van der Waals surface area contributed by atoms with Crippen molar-refractivity contribution >= 4 is 0 Å². The number of allylic oxidation sites excluding steroid dienone is 6. The third kappa shape index (κ3) is 13.9. The molecule has 0 heteroatoms. The van der Waals surface area contributed by atoms with E-state index in [-0.39, 0.29) is 0 Å². The van der Waals surface area contributed by atoms with E-state index in [1.54, 1.807) is 11.1 Å². The summed E-state index contributed by atoms with van der Waals surface area (Å²) < 4.78 is 0. The molecule has 0 saturated carbocycles. The minimum atomic E-state index is 0.453. The molecule has 0 aliphatic heterocycles. The lowest BCUT2D eigenvalue weighted by Crippen LogP contribution is -2.04. The molecule has 0 unspecified atom stereocenters. The van der Waals surface area contributed by atoms with Crippen LogP contribution in [0.4, 0.5) is 0 Å². The molecule has 0 aliphatic carbocycles. The predicted octanol–water partition coefficient (Wildman–Crippen LogP) is 7.62. The highest BCUT2D eigenvalue weighted by Gasteiger charge is 2.09. The van der Waals surface area contributed by atoms with Gasteiger partial charge in [0.05, 0.1) is 0 Å². The van der Waals surface area contributed by atoms with Crippen molar-refractivity contribution in [3.05, 3.63) is 34.9 Å². The Hall–Kier alpha value is -0.780. The van der Waals surface area contributed by atoms with Gasteiger partial charge in [-0.15, -0.1) is 0 Å². The molecule has 0 nitrogen and oxygen atoms in total. The fourth-order valence-electron chi connectivity index (χ4n) is 2.32. The van der Waals surface area contributed by atoms with Gasteiger partial charge < -0.3 is 0 Å². The first-order valence-electron chi connectivity index (χ1n) is 8.71. The highest BCUT2D eigenvalue weighted by molar-refractivity contribution is 5.06. The second-order valence-corrected chi connectivity index (χ2v) is 7.70. The summed E-state index contributed by atoms with van der Waals surface area (Å²) in [4.78, 5) is 0. The van der Waals surface area contributed by atoms with Crippen molar-refractivity contribution in [2.45, 2.75) is 93.4 Å². The van der Waals surface area contributed by atoms with Gasteiger partial charge in [0, 0.05) is 0 Å². The second kappa shape index (κ2) is 10.9. The van der Waals surface area contributed by atoms with E-state index in [0.29, 0.717) is 5.41 Å². The molecule has 0 atom stereocenters. The summed E-state index contributed by atoms with van der Waals surface area (Å²) >= 11 is 0. The third-order valence-electron chi connectivity index (χ3n) is 3.88. The van der Waals surface area contributed by atoms with E-state index in [2.05, 4.69) is 66.7 Å². The van der Waals surface area contributed by atoms with Crippen molar-refractivity contribution in [3.63, 3.8) is 0 Å². The van der Waals surface area contributed by atoms with Gasteiger partial charge in [-0.1, -0.05) is 62.6 Å². The highest BCUT2D eigenvalue weighted by atomic mass is 14.1. The summed E-state index contributed by atoms with van der Waals surface area (Å²) in [5.74, 6) is 0. The number of rotatable bonds is 9. The Balaban J connectivity index is 3.96. The molecule has 0 radical (unpaired) electrons. The largest absolute Gasteiger partial charge is 0.0859 e. The van der Waals surface area contributed by atoms with Crippen LogP contribution in [0.25, 0.3) is 0 Å². The van der Waals surface area contributed by atoms with Gasteiger partial charge in [-0.2, -0.15) is 0 Å².